The van der Waals surface area contributed by atoms with Gasteiger partial charge in [0.05, 0.1) is 0 Å². The minimum Gasteiger partial charge on any atom is -0.315 e. The van der Waals surface area contributed by atoms with Crippen molar-refractivity contribution in [2.75, 3.05) is 19.6 Å². The van der Waals surface area contributed by atoms with Gasteiger partial charge in [-0.05, 0) is 38.8 Å². The monoisotopic (exact) mass is 182 g/mol. The van der Waals surface area contributed by atoms with Gasteiger partial charge in [0.25, 0.3) is 0 Å². The van der Waals surface area contributed by atoms with E-state index in [1.54, 1.807) is 0 Å². The quantitative estimate of drug-likeness (QED) is 0.698. The molecule has 2 heterocycles. The summed E-state index contributed by atoms with van der Waals surface area (Å²) < 4.78 is 0. The Morgan fingerprint density at radius 3 is 2.92 bits per heavy atom. The Balaban J connectivity index is 1.93. The fourth-order valence-electron chi connectivity index (χ4n) is 2.86. The van der Waals surface area contributed by atoms with E-state index in [0.717, 1.165) is 12.1 Å². The topological polar surface area (TPSA) is 15.3 Å². The Hall–Kier alpha value is -0.0800. The number of piperidine rings is 1. The first-order valence-corrected chi connectivity index (χ1v) is 5.88. The van der Waals surface area contributed by atoms with E-state index in [2.05, 4.69) is 17.1 Å². The normalized spacial score (nSPS) is 36.7. The molecule has 0 radical (unpaired) electrons. The molecule has 0 aliphatic carbocycles. The van der Waals surface area contributed by atoms with E-state index in [-0.39, 0.29) is 0 Å². The molecule has 0 unspecified atom stereocenters. The molecule has 2 aliphatic heterocycles. The molecule has 2 fully saturated rings. The summed E-state index contributed by atoms with van der Waals surface area (Å²) in [5, 5.41) is 3.47. The summed E-state index contributed by atoms with van der Waals surface area (Å²) in [5.74, 6) is 0. The van der Waals surface area contributed by atoms with Crippen LogP contribution in [0.1, 0.15) is 39.0 Å². The third-order valence-corrected chi connectivity index (χ3v) is 3.65. The van der Waals surface area contributed by atoms with Crippen LogP contribution in [0.5, 0.6) is 0 Å². The van der Waals surface area contributed by atoms with Gasteiger partial charge in [0.2, 0.25) is 0 Å². The highest BCUT2D eigenvalue weighted by atomic mass is 15.2. The second-order valence-corrected chi connectivity index (χ2v) is 4.44. The molecule has 13 heavy (non-hydrogen) atoms. The number of nitrogens with one attached hydrogen (secondary N) is 1. The fourth-order valence-corrected chi connectivity index (χ4v) is 2.86. The molecule has 0 saturated carbocycles. The van der Waals surface area contributed by atoms with Gasteiger partial charge in [0, 0.05) is 18.6 Å². The average molecular weight is 182 g/mol. The van der Waals surface area contributed by atoms with Gasteiger partial charge >= 0.3 is 0 Å². The van der Waals surface area contributed by atoms with Crippen LogP contribution in [0.25, 0.3) is 0 Å². The molecule has 0 bridgehead atoms. The van der Waals surface area contributed by atoms with Crippen molar-refractivity contribution in [1.82, 2.24) is 10.2 Å². The van der Waals surface area contributed by atoms with Crippen LogP contribution in [0, 0.1) is 0 Å². The van der Waals surface area contributed by atoms with E-state index in [0.29, 0.717) is 0 Å². The zero-order chi connectivity index (χ0) is 9.10. The lowest BCUT2D eigenvalue weighted by atomic mass is 9.97. The Bertz CT molecular complexity index is 150. The summed E-state index contributed by atoms with van der Waals surface area (Å²) in [6.07, 6.45) is 7.03. The molecule has 0 aromatic rings. The van der Waals surface area contributed by atoms with Crippen molar-refractivity contribution >= 4 is 0 Å². The maximum absolute atomic E-state index is 3.47. The molecule has 2 nitrogen and oxygen atoms in total. The maximum atomic E-state index is 3.47. The third-order valence-electron chi connectivity index (χ3n) is 3.65. The number of hydrogen-bond donors (Lipinski definition) is 1. The SMILES string of the molecule is CC[C@@H]1CCCCN1[C@@H]1CCNC1. The first-order valence-electron chi connectivity index (χ1n) is 5.88. The van der Waals surface area contributed by atoms with Crippen LogP contribution in [0.3, 0.4) is 0 Å². The molecule has 2 aliphatic rings. The number of hydrogen-bond acceptors (Lipinski definition) is 2. The molecule has 2 atom stereocenters. The molecule has 76 valence electrons. The van der Waals surface area contributed by atoms with Crippen molar-refractivity contribution in [3.8, 4) is 0 Å². The second kappa shape index (κ2) is 4.43. The third kappa shape index (κ3) is 2.05. The predicted octanol–water partition coefficient (Wildman–Crippen LogP) is 1.61. The van der Waals surface area contributed by atoms with Crippen LogP contribution in [0.15, 0.2) is 0 Å². The maximum Gasteiger partial charge on any atom is 0.0235 e. The van der Waals surface area contributed by atoms with E-state index in [9.17, 15) is 0 Å². The van der Waals surface area contributed by atoms with Gasteiger partial charge in [-0.3, -0.25) is 4.90 Å². The lowest BCUT2D eigenvalue weighted by Crippen LogP contribution is -2.46. The summed E-state index contributed by atoms with van der Waals surface area (Å²) in [7, 11) is 0. The van der Waals surface area contributed by atoms with Crippen molar-refractivity contribution in [2.45, 2.75) is 51.1 Å². The number of nitrogens with zero attached hydrogens (tertiary/aromatic N) is 1. The molecule has 0 aromatic heterocycles. The predicted molar refractivity (Wildman–Crippen MR) is 55.9 cm³/mol. The zero-order valence-corrected chi connectivity index (χ0v) is 8.76. The van der Waals surface area contributed by atoms with E-state index in [1.807, 2.05) is 0 Å². The Morgan fingerprint density at radius 2 is 2.23 bits per heavy atom. The number of likely N-dealkylation sites (tertiary alicyclic amines) is 1. The van der Waals surface area contributed by atoms with E-state index >= 15 is 0 Å². The minimum atomic E-state index is 0.852. The van der Waals surface area contributed by atoms with Crippen LogP contribution in [-0.4, -0.2) is 36.6 Å². The second-order valence-electron chi connectivity index (χ2n) is 4.44. The number of rotatable bonds is 2. The lowest BCUT2D eigenvalue weighted by Gasteiger charge is -2.39. The highest BCUT2D eigenvalue weighted by Crippen LogP contribution is 2.23. The van der Waals surface area contributed by atoms with E-state index in [4.69, 9.17) is 0 Å². The fraction of sp³-hybridized carbons (Fsp3) is 1.00. The standard InChI is InChI=1S/C11H22N2/c1-2-10-5-3-4-8-13(10)11-6-7-12-9-11/h10-12H,2-9H2,1H3/t10-,11-/m1/s1. The first-order chi connectivity index (χ1) is 6.42. The minimum absolute atomic E-state index is 0.852. The smallest absolute Gasteiger partial charge is 0.0235 e. The van der Waals surface area contributed by atoms with Gasteiger partial charge in [-0.15, -0.1) is 0 Å². The van der Waals surface area contributed by atoms with Gasteiger partial charge in [-0.1, -0.05) is 13.3 Å². The molecule has 0 amide bonds. The molecular weight excluding hydrogens is 160 g/mol. The zero-order valence-electron chi connectivity index (χ0n) is 8.76. The van der Waals surface area contributed by atoms with Crippen LogP contribution in [-0.2, 0) is 0 Å². The van der Waals surface area contributed by atoms with Crippen LogP contribution >= 0.6 is 0 Å². The van der Waals surface area contributed by atoms with Gasteiger partial charge in [0.1, 0.15) is 0 Å². The lowest BCUT2D eigenvalue weighted by molar-refractivity contribution is 0.100. The molecular formula is C11H22N2. The summed E-state index contributed by atoms with van der Waals surface area (Å²) in [6.45, 7) is 6.16. The molecule has 2 saturated heterocycles. The molecule has 0 aromatic carbocycles. The Morgan fingerprint density at radius 1 is 1.31 bits per heavy atom. The Labute approximate surface area is 81.7 Å². The average Bonchev–Trinajstić information content (AvgIpc) is 2.70. The van der Waals surface area contributed by atoms with Gasteiger partial charge in [-0.25, -0.2) is 0 Å². The highest BCUT2D eigenvalue weighted by Gasteiger charge is 2.29. The largest absolute Gasteiger partial charge is 0.315 e. The summed E-state index contributed by atoms with van der Waals surface area (Å²) in [5.41, 5.74) is 0. The van der Waals surface area contributed by atoms with Crippen molar-refractivity contribution < 1.29 is 0 Å². The Kier molecular flexibility index (Phi) is 3.23. The van der Waals surface area contributed by atoms with Crippen molar-refractivity contribution in [2.24, 2.45) is 0 Å². The highest BCUT2D eigenvalue weighted by molar-refractivity contribution is 4.86. The van der Waals surface area contributed by atoms with Gasteiger partial charge < -0.3 is 5.32 Å². The summed E-state index contributed by atoms with van der Waals surface area (Å²) >= 11 is 0. The first kappa shape index (κ1) is 9.47. The van der Waals surface area contributed by atoms with Crippen molar-refractivity contribution in [1.29, 1.82) is 0 Å². The van der Waals surface area contributed by atoms with Crippen LogP contribution < -0.4 is 5.32 Å². The summed E-state index contributed by atoms with van der Waals surface area (Å²) in [4.78, 5) is 2.77. The van der Waals surface area contributed by atoms with Crippen LogP contribution in [0.2, 0.25) is 0 Å². The van der Waals surface area contributed by atoms with E-state index in [1.165, 1.54) is 51.7 Å². The molecule has 2 rings (SSSR count). The molecule has 1 N–H and O–H groups in total. The van der Waals surface area contributed by atoms with E-state index < -0.39 is 0 Å². The summed E-state index contributed by atoms with van der Waals surface area (Å²) in [6, 6.07) is 1.74. The molecule has 0 spiro atoms. The van der Waals surface area contributed by atoms with Gasteiger partial charge in [-0.2, -0.15) is 0 Å². The van der Waals surface area contributed by atoms with Gasteiger partial charge in [0.15, 0.2) is 0 Å². The van der Waals surface area contributed by atoms with Crippen molar-refractivity contribution in [3.05, 3.63) is 0 Å². The van der Waals surface area contributed by atoms with Crippen LogP contribution in [0.4, 0.5) is 0 Å². The molecule has 2 heteroatoms. The van der Waals surface area contributed by atoms with Crippen molar-refractivity contribution in [3.63, 3.8) is 0 Å².